The molecule has 1 N–H and O–H groups in total. The van der Waals surface area contributed by atoms with Crippen LogP contribution in [0.5, 0.6) is 0 Å². The van der Waals surface area contributed by atoms with E-state index in [9.17, 15) is 0 Å². The SMILES string of the molecule is CC(C)c1cc(=S)n(Cc2ccccc2)[nH]1. The Balaban J connectivity index is 2.26. The summed E-state index contributed by atoms with van der Waals surface area (Å²) in [5, 5.41) is 3.34. The fourth-order valence-corrected chi connectivity index (χ4v) is 1.87. The molecule has 84 valence electrons. The third-order valence-corrected chi connectivity index (χ3v) is 2.95. The van der Waals surface area contributed by atoms with Crippen molar-refractivity contribution in [2.75, 3.05) is 0 Å². The smallest absolute Gasteiger partial charge is 0.122 e. The lowest BCUT2D eigenvalue weighted by atomic mass is 10.1. The average molecular weight is 232 g/mol. The number of hydrogen-bond donors (Lipinski definition) is 1. The number of rotatable bonds is 3. The van der Waals surface area contributed by atoms with E-state index < -0.39 is 0 Å². The van der Waals surface area contributed by atoms with Gasteiger partial charge in [-0.15, -0.1) is 0 Å². The second-order valence-electron chi connectivity index (χ2n) is 4.28. The number of H-pyrrole nitrogens is 1. The maximum Gasteiger partial charge on any atom is 0.122 e. The Morgan fingerprint density at radius 3 is 2.50 bits per heavy atom. The fraction of sp³-hybridized carbons (Fsp3) is 0.308. The first-order valence-corrected chi connectivity index (χ1v) is 5.91. The number of hydrogen-bond acceptors (Lipinski definition) is 1. The monoisotopic (exact) mass is 232 g/mol. The summed E-state index contributed by atoms with van der Waals surface area (Å²) in [6, 6.07) is 12.4. The van der Waals surface area contributed by atoms with Crippen LogP contribution >= 0.6 is 12.2 Å². The van der Waals surface area contributed by atoms with Crippen molar-refractivity contribution in [2.45, 2.75) is 26.3 Å². The molecule has 1 aromatic heterocycles. The third-order valence-electron chi connectivity index (χ3n) is 2.61. The lowest BCUT2D eigenvalue weighted by molar-refractivity contribution is 0.651. The van der Waals surface area contributed by atoms with E-state index in [1.54, 1.807) is 0 Å². The van der Waals surface area contributed by atoms with Crippen molar-refractivity contribution in [1.82, 2.24) is 9.78 Å². The first kappa shape index (κ1) is 11.1. The predicted octanol–water partition coefficient (Wildman–Crippen LogP) is 3.72. The molecule has 0 saturated carbocycles. The van der Waals surface area contributed by atoms with Gasteiger partial charge in [-0.1, -0.05) is 56.4 Å². The van der Waals surface area contributed by atoms with Crippen LogP contribution in [-0.4, -0.2) is 9.78 Å². The third kappa shape index (κ3) is 2.42. The first-order chi connectivity index (χ1) is 7.66. The zero-order valence-electron chi connectivity index (χ0n) is 9.60. The molecule has 0 aliphatic heterocycles. The summed E-state index contributed by atoms with van der Waals surface area (Å²) in [4.78, 5) is 0. The Bertz CT molecular complexity index is 508. The summed E-state index contributed by atoms with van der Waals surface area (Å²) in [5.74, 6) is 0.485. The van der Waals surface area contributed by atoms with Gasteiger partial charge in [0.1, 0.15) is 4.64 Å². The van der Waals surface area contributed by atoms with Crippen molar-refractivity contribution in [1.29, 1.82) is 0 Å². The number of nitrogens with zero attached hydrogens (tertiary/aromatic N) is 1. The minimum absolute atomic E-state index is 0.485. The van der Waals surface area contributed by atoms with Crippen LogP contribution in [0.25, 0.3) is 0 Å². The molecular weight excluding hydrogens is 216 g/mol. The van der Waals surface area contributed by atoms with E-state index in [0.717, 1.165) is 11.2 Å². The quantitative estimate of drug-likeness (QED) is 0.800. The maximum atomic E-state index is 5.32. The highest BCUT2D eigenvalue weighted by Crippen LogP contribution is 2.13. The molecule has 0 saturated heterocycles. The molecule has 0 fully saturated rings. The van der Waals surface area contributed by atoms with E-state index in [-0.39, 0.29) is 0 Å². The van der Waals surface area contributed by atoms with E-state index in [1.807, 2.05) is 28.9 Å². The number of nitrogens with one attached hydrogen (secondary N) is 1. The van der Waals surface area contributed by atoms with E-state index in [2.05, 4.69) is 31.1 Å². The Kier molecular flexibility index (Phi) is 3.25. The van der Waals surface area contributed by atoms with Crippen molar-refractivity contribution in [3.63, 3.8) is 0 Å². The van der Waals surface area contributed by atoms with Crippen molar-refractivity contribution < 1.29 is 0 Å². The van der Waals surface area contributed by atoms with Crippen LogP contribution < -0.4 is 0 Å². The Hall–Kier alpha value is -1.35. The van der Waals surface area contributed by atoms with E-state index >= 15 is 0 Å². The van der Waals surface area contributed by atoms with Gasteiger partial charge < -0.3 is 5.10 Å². The Morgan fingerprint density at radius 1 is 1.25 bits per heavy atom. The average Bonchev–Trinajstić information content (AvgIpc) is 2.62. The van der Waals surface area contributed by atoms with Crippen molar-refractivity contribution in [3.05, 3.63) is 52.3 Å². The van der Waals surface area contributed by atoms with Crippen molar-refractivity contribution in [2.24, 2.45) is 0 Å². The number of aromatic nitrogens is 2. The summed E-state index contributed by atoms with van der Waals surface area (Å²) < 4.78 is 2.88. The zero-order chi connectivity index (χ0) is 11.5. The Morgan fingerprint density at radius 2 is 1.94 bits per heavy atom. The molecule has 1 aromatic carbocycles. The van der Waals surface area contributed by atoms with Gasteiger partial charge in [-0.3, -0.25) is 4.68 Å². The molecule has 0 aliphatic rings. The standard InChI is InChI=1S/C13H16N2S/c1-10(2)12-8-13(16)15(14-12)9-11-6-4-3-5-7-11/h3-8,10,14H,9H2,1-2H3. The lowest BCUT2D eigenvalue weighted by Gasteiger charge is -2.04. The summed E-state index contributed by atoms with van der Waals surface area (Å²) in [6.07, 6.45) is 0. The predicted molar refractivity (Wildman–Crippen MR) is 69.2 cm³/mol. The highest BCUT2D eigenvalue weighted by atomic mass is 32.1. The highest BCUT2D eigenvalue weighted by molar-refractivity contribution is 7.71. The minimum atomic E-state index is 0.485. The van der Waals surface area contributed by atoms with Gasteiger partial charge in [-0.25, -0.2) is 0 Å². The number of aromatic amines is 1. The van der Waals surface area contributed by atoms with Crippen molar-refractivity contribution in [3.8, 4) is 0 Å². The van der Waals surface area contributed by atoms with Crippen LogP contribution in [0, 0.1) is 4.64 Å². The van der Waals surface area contributed by atoms with Crippen molar-refractivity contribution >= 4 is 12.2 Å². The van der Waals surface area contributed by atoms with Gasteiger partial charge in [-0.2, -0.15) is 0 Å². The van der Waals surface area contributed by atoms with Crippen LogP contribution in [0.1, 0.15) is 31.0 Å². The molecule has 1 heterocycles. The van der Waals surface area contributed by atoms with Gasteiger partial charge in [0.05, 0.1) is 6.54 Å². The molecule has 0 amide bonds. The molecule has 0 atom stereocenters. The lowest BCUT2D eigenvalue weighted by Crippen LogP contribution is -2.02. The first-order valence-electron chi connectivity index (χ1n) is 5.50. The van der Waals surface area contributed by atoms with Crippen LogP contribution in [0.4, 0.5) is 0 Å². The molecule has 2 rings (SSSR count). The molecule has 2 aromatic rings. The van der Waals surface area contributed by atoms with Gasteiger partial charge in [0.25, 0.3) is 0 Å². The largest absolute Gasteiger partial charge is 0.301 e. The highest BCUT2D eigenvalue weighted by Gasteiger charge is 2.04. The molecule has 2 nitrogen and oxygen atoms in total. The van der Waals surface area contributed by atoms with Crippen LogP contribution in [0.3, 0.4) is 0 Å². The second-order valence-corrected chi connectivity index (χ2v) is 4.69. The van der Waals surface area contributed by atoms with Gasteiger partial charge >= 0.3 is 0 Å². The van der Waals surface area contributed by atoms with Crippen LogP contribution in [-0.2, 0) is 6.54 Å². The normalized spacial score (nSPS) is 10.9. The van der Waals surface area contributed by atoms with Gasteiger partial charge in [0.15, 0.2) is 0 Å². The molecule has 0 radical (unpaired) electrons. The van der Waals surface area contributed by atoms with Crippen LogP contribution in [0.15, 0.2) is 36.4 Å². The zero-order valence-corrected chi connectivity index (χ0v) is 10.4. The van der Waals surface area contributed by atoms with E-state index in [4.69, 9.17) is 12.2 Å². The summed E-state index contributed by atoms with van der Waals surface area (Å²) >= 11 is 5.32. The topological polar surface area (TPSA) is 20.7 Å². The molecule has 0 spiro atoms. The second kappa shape index (κ2) is 4.66. The van der Waals surface area contributed by atoms with Gasteiger partial charge in [-0.05, 0) is 17.5 Å². The van der Waals surface area contributed by atoms with E-state index in [1.165, 1.54) is 11.3 Å². The summed E-state index contributed by atoms with van der Waals surface area (Å²) in [7, 11) is 0. The van der Waals surface area contributed by atoms with E-state index in [0.29, 0.717) is 5.92 Å². The Labute approximate surface area is 101 Å². The number of benzene rings is 1. The van der Waals surface area contributed by atoms with Gasteiger partial charge in [0.2, 0.25) is 0 Å². The van der Waals surface area contributed by atoms with Crippen LogP contribution in [0.2, 0.25) is 0 Å². The molecule has 0 bridgehead atoms. The molecule has 0 unspecified atom stereocenters. The minimum Gasteiger partial charge on any atom is -0.301 e. The molecule has 16 heavy (non-hydrogen) atoms. The molecule has 3 heteroatoms. The molecular formula is C13H16N2S. The van der Waals surface area contributed by atoms with Gasteiger partial charge in [0, 0.05) is 5.69 Å². The fourth-order valence-electron chi connectivity index (χ4n) is 1.63. The summed E-state index contributed by atoms with van der Waals surface area (Å²) in [6.45, 7) is 5.13. The summed E-state index contributed by atoms with van der Waals surface area (Å²) in [5.41, 5.74) is 2.46. The maximum absolute atomic E-state index is 5.32. The molecule has 0 aliphatic carbocycles.